The van der Waals surface area contributed by atoms with Gasteiger partial charge in [0.15, 0.2) is 0 Å². The molecule has 2 aliphatic heterocycles. The topological polar surface area (TPSA) is 69.6 Å². The molecule has 102 valence electrons. The zero-order valence-corrected chi connectivity index (χ0v) is 11.5. The summed E-state index contributed by atoms with van der Waals surface area (Å²) in [5.74, 6) is 0.176. The molecular formula is C12H20N2O3S. The summed E-state index contributed by atoms with van der Waals surface area (Å²) in [7, 11) is 0. The molecule has 0 bridgehead atoms. The Labute approximate surface area is 111 Å². The van der Waals surface area contributed by atoms with E-state index in [1.807, 2.05) is 0 Å². The van der Waals surface area contributed by atoms with E-state index in [9.17, 15) is 9.59 Å². The summed E-state index contributed by atoms with van der Waals surface area (Å²) in [5, 5.41) is 12.4. The highest BCUT2D eigenvalue weighted by Crippen LogP contribution is 2.36. The van der Waals surface area contributed by atoms with Crippen molar-refractivity contribution in [3.05, 3.63) is 0 Å². The summed E-state index contributed by atoms with van der Waals surface area (Å²) < 4.78 is 0. The maximum absolute atomic E-state index is 12.7. The number of amides is 1. The van der Waals surface area contributed by atoms with Gasteiger partial charge in [0, 0.05) is 12.3 Å². The SMILES string of the molecule is CCCC1(C(=O)N2CSC[C@H]2C(=O)O)CCNC1. The number of carbonyl (C=O) groups is 2. The van der Waals surface area contributed by atoms with Gasteiger partial charge < -0.3 is 15.3 Å². The first-order chi connectivity index (χ1) is 8.60. The monoisotopic (exact) mass is 272 g/mol. The van der Waals surface area contributed by atoms with Gasteiger partial charge in [0.1, 0.15) is 6.04 Å². The molecule has 2 N–H and O–H groups in total. The molecule has 18 heavy (non-hydrogen) atoms. The second kappa shape index (κ2) is 5.48. The van der Waals surface area contributed by atoms with Gasteiger partial charge in [0.05, 0.1) is 11.3 Å². The van der Waals surface area contributed by atoms with Crippen molar-refractivity contribution in [2.45, 2.75) is 32.2 Å². The van der Waals surface area contributed by atoms with Crippen LogP contribution in [0.3, 0.4) is 0 Å². The van der Waals surface area contributed by atoms with E-state index in [1.54, 1.807) is 4.90 Å². The number of aliphatic carboxylic acids is 1. The Morgan fingerprint density at radius 1 is 1.56 bits per heavy atom. The van der Waals surface area contributed by atoms with Crippen LogP contribution in [0.25, 0.3) is 0 Å². The summed E-state index contributed by atoms with van der Waals surface area (Å²) in [6.07, 6.45) is 2.62. The average Bonchev–Trinajstić information content (AvgIpc) is 2.97. The highest BCUT2D eigenvalue weighted by Gasteiger charge is 2.47. The predicted octanol–water partition coefficient (Wildman–Crippen LogP) is 0.752. The largest absolute Gasteiger partial charge is 0.480 e. The maximum Gasteiger partial charge on any atom is 0.327 e. The molecule has 0 aromatic carbocycles. The molecule has 5 nitrogen and oxygen atoms in total. The summed E-state index contributed by atoms with van der Waals surface area (Å²) in [5.41, 5.74) is -0.368. The van der Waals surface area contributed by atoms with E-state index >= 15 is 0 Å². The normalized spacial score (nSPS) is 31.8. The molecule has 2 rings (SSSR count). The van der Waals surface area contributed by atoms with Gasteiger partial charge in [0.2, 0.25) is 5.91 Å². The van der Waals surface area contributed by atoms with Crippen molar-refractivity contribution in [3.8, 4) is 0 Å². The van der Waals surface area contributed by atoms with Crippen LogP contribution in [0.2, 0.25) is 0 Å². The molecule has 6 heteroatoms. The van der Waals surface area contributed by atoms with E-state index < -0.39 is 12.0 Å². The van der Waals surface area contributed by atoms with Crippen molar-refractivity contribution < 1.29 is 14.7 Å². The summed E-state index contributed by atoms with van der Waals surface area (Å²) >= 11 is 1.53. The lowest BCUT2D eigenvalue weighted by atomic mass is 9.81. The Kier molecular flexibility index (Phi) is 4.17. The molecule has 2 heterocycles. The fraction of sp³-hybridized carbons (Fsp3) is 0.833. The Hall–Kier alpha value is -0.750. The molecule has 2 saturated heterocycles. The van der Waals surface area contributed by atoms with E-state index in [-0.39, 0.29) is 11.3 Å². The molecule has 0 saturated carbocycles. The van der Waals surface area contributed by atoms with Gasteiger partial charge in [-0.25, -0.2) is 4.79 Å². The number of nitrogens with one attached hydrogen (secondary N) is 1. The molecule has 0 aromatic heterocycles. The van der Waals surface area contributed by atoms with E-state index in [0.29, 0.717) is 18.2 Å². The second-order valence-electron chi connectivity index (χ2n) is 5.09. The van der Waals surface area contributed by atoms with Crippen LogP contribution in [0.15, 0.2) is 0 Å². The number of nitrogens with zero attached hydrogens (tertiary/aromatic N) is 1. The van der Waals surface area contributed by atoms with Crippen LogP contribution in [-0.2, 0) is 9.59 Å². The lowest BCUT2D eigenvalue weighted by Crippen LogP contribution is -2.50. The van der Waals surface area contributed by atoms with Crippen LogP contribution >= 0.6 is 11.8 Å². The first kappa shape index (κ1) is 13.7. The molecule has 1 unspecified atom stereocenters. The molecule has 0 spiro atoms. The van der Waals surface area contributed by atoms with Crippen LogP contribution in [0.4, 0.5) is 0 Å². The average molecular weight is 272 g/mol. The summed E-state index contributed by atoms with van der Waals surface area (Å²) in [4.78, 5) is 25.4. The van der Waals surface area contributed by atoms with Crippen molar-refractivity contribution in [1.29, 1.82) is 0 Å². The third-order valence-corrected chi connectivity index (χ3v) is 4.87. The summed E-state index contributed by atoms with van der Waals surface area (Å²) in [6, 6.07) is -0.642. The first-order valence-corrected chi connectivity index (χ1v) is 7.58. The quantitative estimate of drug-likeness (QED) is 0.790. The Morgan fingerprint density at radius 3 is 2.89 bits per heavy atom. The minimum atomic E-state index is -0.883. The van der Waals surface area contributed by atoms with Crippen LogP contribution in [0.5, 0.6) is 0 Å². The highest BCUT2D eigenvalue weighted by molar-refractivity contribution is 7.99. The van der Waals surface area contributed by atoms with Gasteiger partial charge >= 0.3 is 5.97 Å². The van der Waals surface area contributed by atoms with Crippen LogP contribution in [0, 0.1) is 5.41 Å². The highest BCUT2D eigenvalue weighted by atomic mass is 32.2. The first-order valence-electron chi connectivity index (χ1n) is 6.43. The van der Waals surface area contributed by atoms with Crippen molar-refractivity contribution >= 4 is 23.6 Å². The number of hydrogen-bond donors (Lipinski definition) is 2. The number of hydrogen-bond acceptors (Lipinski definition) is 4. The minimum Gasteiger partial charge on any atom is -0.480 e. The van der Waals surface area contributed by atoms with Crippen LogP contribution in [0.1, 0.15) is 26.2 Å². The maximum atomic E-state index is 12.7. The number of thioether (sulfide) groups is 1. The molecule has 0 aliphatic carbocycles. The van der Waals surface area contributed by atoms with Crippen LogP contribution in [-0.4, -0.2) is 52.6 Å². The van der Waals surface area contributed by atoms with Gasteiger partial charge in [-0.2, -0.15) is 0 Å². The number of carbonyl (C=O) groups excluding carboxylic acids is 1. The van der Waals surface area contributed by atoms with Crippen molar-refractivity contribution in [3.63, 3.8) is 0 Å². The Morgan fingerprint density at radius 2 is 2.33 bits per heavy atom. The smallest absolute Gasteiger partial charge is 0.327 e. The third kappa shape index (κ3) is 2.36. The molecule has 2 atom stereocenters. The zero-order valence-electron chi connectivity index (χ0n) is 10.6. The van der Waals surface area contributed by atoms with Crippen LogP contribution < -0.4 is 5.32 Å². The Bertz CT molecular complexity index is 342. The molecule has 0 radical (unpaired) electrons. The number of carboxylic acid groups (broad SMARTS) is 1. The standard InChI is InChI=1S/C12H20N2O3S/c1-2-3-12(4-5-13-7-12)11(17)14-8-18-6-9(14)10(15)16/h9,13H,2-8H2,1H3,(H,15,16)/t9-,12?/m0/s1. The zero-order chi connectivity index (χ0) is 13.2. The lowest BCUT2D eigenvalue weighted by molar-refractivity contribution is -0.152. The van der Waals surface area contributed by atoms with Gasteiger partial charge in [-0.05, 0) is 19.4 Å². The van der Waals surface area contributed by atoms with Gasteiger partial charge in [-0.3, -0.25) is 4.79 Å². The minimum absolute atomic E-state index is 0.0340. The van der Waals surface area contributed by atoms with Gasteiger partial charge in [-0.1, -0.05) is 13.3 Å². The molecule has 1 amide bonds. The fourth-order valence-corrected chi connectivity index (χ4v) is 4.02. The van der Waals surface area contributed by atoms with Crippen molar-refractivity contribution in [2.75, 3.05) is 24.7 Å². The predicted molar refractivity (Wildman–Crippen MR) is 70.4 cm³/mol. The summed E-state index contributed by atoms with van der Waals surface area (Å²) in [6.45, 7) is 3.61. The number of rotatable bonds is 4. The van der Waals surface area contributed by atoms with Crippen molar-refractivity contribution in [2.24, 2.45) is 5.41 Å². The van der Waals surface area contributed by atoms with E-state index in [4.69, 9.17) is 5.11 Å². The number of carboxylic acids is 1. The van der Waals surface area contributed by atoms with E-state index in [2.05, 4.69) is 12.2 Å². The molecule has 2 fully saturated rings. The molecule has 2 aliphatic rings. The van der Waals surface area contributed by atoms with Gasteiger partial charge in [0.25, 0.3) is 0 Å². The third-order valence-electron chi connectivity index (χ3n) is 3.85. The van der Waals surface area contributed by atoms with E-state index in [0.717, 1.165) is 25.8 Å². The lowest BCUT2D eigenvalue weighted by Gasteiger charge is -2.33. The Balaban J connectivity index is 2.15. The molecule has 0 aromatic rings. The molecular weight excluding hydrogens is 252 g/mol. The van der Waals surface area contributed by atoms with E-state index in [1.165, 1.54) is 11.8 Å². The fourth-order valence-electron chi connectivity index (χ4n) is 2.88. The second-order valence-corrected chi connectivity index (χ2v) is 6.09. The van der Waals surface area contributed by atoms with Crippen molar-refractivity contribution in [1.82, 2.24) is 10.2 Å². The van der Waals surface area contributed by atoms with Gasteiger partial charge in [-0.15, -0.1) is 11.8 Å².